The van der Waals surface area contributed by atoms with Crippen molar-refractivity contribution in [2.75, 3.05) is 11.9 Å². The van der Waals surface area contributed by atoms with Crippen LogP contribution in [0.5, 0.6) is 0 Å². The van der Waals surface area contributed by atoms with Gasteiger partial charge in [-0.2, -0.15) is 0 Å². The molecule has 2 aromatic rings. The van der Waals surface area contributed by atoms with Crippen LogP contribution < -0.4 is 5.32 Å². The highest BCUT2D eigenvalue weighted by Gasteiger charge is 2.19. The van der Waals surface area contributed by atoms with E-state index in [9.17, 15) is 0 Å². The summed E-state index contributed by atoms with van der Waals surface area (Å²) in [4.78, 5) is 8.66. The summed E-state index contributed by atoms with van der Waals surface area (Å²) in [5, 5.41) is 13.7. The summed E-state index contributed by atoms with van der Waals surface area (Å²) in [5.41, 5.74) is 2.12. The number of aliphatic hydroxyl groups is 1. The lowest BCUT2D eigenvalue weighted by Crippen LogP contribution is -2.17. The lowest BCUT2D eigenvalue weighted by atomic mass is 10.1. The van der Waals surface area contributed by atoms with E-state index in [1.165, 1.54) is 5.56 Å². The van der Waals surface area contributed by atoms with E-state index in [-0.39, 0.29) is 18.6 Å². The zero-order valence-corrected chi connectivity index (χ0v) is 10.9. The number of aryl methyl sites for hydroxylation is 1. The molecular weight excluding hydrogens is 238 g/mol. The van der Waals surface area contributed by atoms with E-state index < -0.39 is 0 Å². The average molecular weight is 255 g/mol. The minimum Gasteiger partial charge on any atom is -0.396 e. The first-order chi connectivity index (χ1) is 9.28. The molecule has 0 aliphatic heterocycles. The van der Waals surface area contributed by atoms with Crippen LogP contribution in [0.15, 0.2) is 36.7 Å². The first kappa shape index (κ1) is 12.1. The van der Waals surface area contributed by atoms with Crippen LogP contribution in [0, 0.1) is 12.8 Å². The van der Waals surface area contributed by atoms with Gasteiger partial charge in [-0.05, 0) is 25.0 Å². The maximum Gasteiger partial charge on any atom is 0.138 e. The number of fused-ring (bicyclic) bond motifs is 1. The van der Waals surface area contributed by atoms with Crippen molar-refractivity contribution in [3.8, 4) is 0 Å². The fraction of sp³-hybridized carbons (Fsp3) is 0.333. The second kappa shape index (κ2) is 4.97. The predicted molar refractivity (Wildman–Crippen MR) is 76.0 cm³/mol. The van der Waals surface area contributed by atoms with Crippen molar-refractivity contribution in [3.05, 3.63) is 42.2 Å². The first-order valence-corrected chi connectivity index (χ1v) is 6.54. The highest BCUT2D eigenvalue weighted by molar-refractivity contribution is 5.91. The Bertz CT molecular complexity index is 619. The fourth-order valence-corrected chi connectivity index (χ4v) is 2.58. The molecule has 1 aliphatic carbocycles. The Morgan fingerprint density at radius 2 is 2.21 bits per heavy atom. The molecule has 2 atom stereocenters. The molecule has 2 N–H and O–H groups in total. The Morgan fingerprint density at radius 1 is 1.32 bits per heavy atom. The molecule has 98 valence electrons. The van der Waals surface area contributed by atoms with Crippen LogP contribution >= 0.6 is 0 Å². The second-order valence-corrected chi connectivity index (χ2v) is 5.01. The number of nitrogens with zero attached hydrogens (tertiary/aromatic N) is 2. The van der Waals surface area contributed by atoms with Crippen LogP contribution in [0.25, 0.3) is 10.9 Å². The largest absolute Gasteiger partial charge is 0.396 e. The van der Waals surface area contributed by atoms with E-state index >= 15 is 0 Å². The molecule has 1 heterocycles. The predicted octanol–water partition coefficient (Wildman–Crippen LogP) is 2.29. The van der Waals surface area contributed by atoms with Crippen LogP contribution in [0.2, 0.25) is 0 Å². The Balaban J connectivity index is 1.92. The first-order valence-electron chi connectivity index (χ1n) is 6.54. The Hall–Kier alpha value is -1.94. The number of rotatable bonds is 3. The summed E-state index contributed by atoms with van der Waals surface area (Å²) in [5.74, 6) is 1.13. The van der Waals surface area contributed by atoms with Crippen LogP contribution in [-0.4, -0.2) is 27.7 Å². The van der Waals surface area contributed by atoms with Gasteiger partial charge in [0, 0.05) is 24.0 Å². The van der Waals surface area contributed by atoms with E-state index in [1.807, 2.05) is 12.1 Å². The van der Waals surface area contributed by atoms with Crippen molar-refractivity contribution in [3.63, 3.8) is 0 Å². The van der Waals surface area contributed by atoms with E-state index in [0.717, 1.165) is 23.1 Å². The Kier molecular flexibility index (Phi) is 3.17. The Labute approximate surface area is 112 Å². The van der Waals surface area contributed by atoms with Gasteiger partial charge in [-0.25, -0.2) is 9.97 Å². The summed E-state index contributed by atoms with van der Waals surface area (Å²) < 4.78 is 0. The van der Waals surface area contributed by atoms with Crippen LogP contribution in [0.1, 0.15) is 12.0 Å². The third-order valence-corrected chi connectivity index (χ3v) is 3.60. The summed E-state index contributed by atoms with van der Waals surface area (Å²) in [7, 11) is 0. The van der Waals surface area contributed by atoms with Crippen molar-refractivity contribution in [1.82, 2.24) is 9.97 Å². The maximum atomic E-state index is 9.16. The molecule has 19 heavy (non-hydrogen) atoms. The van der Waals surface area contributed by atoms with Gasteiger partial charge in [-0.15, -0.1) is 0 Å². The van der Waals surface area contributed by atoms with Crippen molar-refractivity contribution < 1.29 is 5.11 Å². The molecule has 0 radical (unpaired) electrons. The molecule has 0 spiro atoms. The van der Waals surface area contributed by atoms with Gasteiger partial charge in [-0.3, -0.25) is 0 Å². The molecule has 3 rings (SSSR count). The quantitative estimate of drug-likeness (QED) is 0.826. The van der Waals surface area contributed by atoms with Crippen LogP contribution in [0.3, 0.4) is 0 Å². The minimum absolute atomic E-state index is 0.207. The lowest BCUT2D eigenvalue weighted by Gasteiger charge is -2.15. The molecule has 1 aliphatic rings. The van der Waals surface area contributed by atoms with E-state index in [4.69, 9.17) is 5.11 Å². The standard InChI is InChI=1S/C15H17N3O/c1-10-3-2-4-13-14(10)15(17-9-16-13)18-12-6-5-11(7-12)8-19/h2-6,9,11-12,19H,7-8H2,1H3,(H,16,17,18)/t11-,12+/m0/s1. The number of hydrogen-bond donors (Lipinski definition) is 2. The van der Waals surface area contributed by atoms with Crippen LogP contribution in [0.4, 0.5) is 5.82 Å². The van der Waals surface area contributed by atoms with Gasteiger partial charge < -0.3 is 10.4 Å². The SMILES string of the molecule is Cc1cccc2ncnc(N[C@@H]3C=C[C@H](CO)C3)c12. The third kappa shape index (κ3) is 2.31. The molecule has 1 aromatic carbocycles. The summed E-state index contributed by atoms with van der Waals surface area (Å²) in [6, 6.07) is 6.30. The Morgan fingerprint density at radius 3 is 3.00 bits per heavy atom. The van der Waals surface area contributed by atoms with E-state index in [1.54, 1.807) is 6.33 Å². The fourth-order valence-electron chi connectivity index (χ4n) is 2.58. The molecule has 0 unspecified atom stereocenters. The van der Waals surface area contributed by atoms with E-state index in [0.29, 0.717) is 0 Å². The number of aromatic nitrogens is 2. The van der Waals surface area contributed by atoms with Gasteiger partial charge in [0.1, 0.15) is 12.1 Å². The summed E-state index contributed by atoms with van der Waals surface area (Å²) in [6.07, 6.45) is 6.67. The summed E-state index contributed by atoms with van der Waals surface area (Å²) >= 11 is 0. The third-order valence-electron chi connectivity index (χ3n) is 3.60. The summed E-state index contributed by atoms with van der Waals surface area (Å²) in [6.45, 7) is 2.27. The van der Waals surface area contributed by atoms with Crippen molar-refractivity contribution in [2.45, 2.75) is 19.4 Å². The number of aliphatic hydroxyl groups excluding tert-OH is 1. The minimum atomic E-state index is 0.207. The zero-order chi connectivity index (χ0) is 13.2. The molecule has 0 bridgehead atoms. The smallest absolute Gasteiger partial charge is 0.138 e. The number of nitrogens with one attached hydrogen (secondary N) is 1. The zero-order valence-electron chi connectivity index (χ0n) is 10.9. The number of hydrogen-bond acceptors (Lipinski definition) is 4. The second-order valence-electron chi connectivity index (χ2n) is 5.01. The maximum absolute atomic E-state index is 9.16. The van der Waals surface area contributed by atoms with Crippen molar-refractivity contribution in [1.29, 1.82) is 0 Å². The highest BCUT2D eigenvalue weighted by atomic mass is 16.3. The van der Waals surface area contributed by atoms with E-state index in [2.05, 4.69) is 40.4 Å². The molecule has 0 saturated heterocycles. The monoisotopic (exact) mass is 255 g/mol. The normalized spacial score (nSPS) is 22.0. The van der Waals surface area contributed by atoms with Crippen LogP contribution in [-0.2, 0) is 0 Å². The van der Waals surface area contributed by atoms with Crippen molar-refractivity contribution >= 4 is 16.7 Å². The molecule has 4 nitrogen and oxygen atoms in total. The molecule has 4 heteroatoms. The van der Waals surface area contributed by atoms with Gasteiger partial charge in [-0.1, -0.05) is 24.3 Å². The topological polar surface area (TPSA) is 58.0 Å². The molecule has 0 fully saturated rings. The number of benzene rings is 1. The van der Waals surface area contributed by atoms with Gasteiger partial charge >= 0.3 is 0 Å². The number of anilines is 1. The highest BCUT2D eigenvalue weighted by Crippen LogP contribution is 2.26. The molecule has 0 amide bonds. The van der Waals surface area contributed by atoms with Gasteiger partial charge in [0.25, 0.3) is 0 Å². The van der Waals surface area contributed by atoms with Gasteiger partial charge in [0.2, 0.25) is 0 Å². The molecular formula is C15H17N3O. The van der Waals surface area contributed by atoms with Crippen molar-refractivity contribution in [2.24, 2.45) is 5.92 Å². The van der Waals surface area contributed by atoms with Gasteiger partial charge in [0.15, 0.2) is 0 Å². The molecule has 0 saturated carbocycles. The molecule has 1 aromatic heterocycles. The van der Waals surface area contributed by atoms with Gasteiger partial charge in [0.05, 0.1) is 5.52 Å². The lowest BCUT2D eigenvalue weighted by molar-refractivity contribution is 0.250. The average Bonchev–Trinajstić information content (AvgIpc) is 2.87.